The fraction of sp³-hybridized carbons (Fsp3) is 0.667. The zero-order valence-electron chi connectivity index (χ0n) is 11.1. The largest absolute Gasteiger partial charge is 0.312 e. The van der Waals surface area contributed by atoms with Crippen LogP contribution in [0.15, 0.2) is 14.7 Å². The molecule has 1 aliphatic carbocycles. The molecule has 4 nitrogen and oxygen atoms in total. The maximum Gasteiger partial charge on any atom is 0.242 e. The third-order valence-corrected chi connectivity index (χ3v) is 7.01. The van der Waals surface area contributed by atoms with E-state index in [1.807, 2.05) is 6.92 Å². The Labute approximate surface area is 127 Å². The number of thiophene rings is 1. The minimum absolute atomic E-state index is 0.101. The van der Waals surface area contributed by atoms with Gasteiger partial charge in [0.25, 0.3) is 0 Å². The number of sulfonamides is 1. The normalized spacial score (nSPS) is 23.3. The molecule has 1 aromatic rings. The molecule has 0 saturated heterocycles. The summed E-state index contributed by atoms with van der Waals surface area (Å²) in [5.74, 6) is 0.628. The number of rotatable bonds is 6. The lowest BCUT2D eigenvalue weighted by molar-refractivity contribution is 0.270. The quantitative estimate of drug-likeness (QED) is 0.813. The fourth-order valence-electron chi connectivity index (χ4n) is 2.20. The summed E-state index contributed by atoms with van der Waals surface area (Å²) >= 11 is 4.83. The molecule has 7 heteroatoms. The van der Waals surface area contributed by atoms with Gasteiger partial charge in [0.2, 0.25) is 10.0 Å². The van der Waals surface area contributed by atoms with E-state index < -0.39 is 10.0 Å². The monoisotopic (exact) mass is 366 g/mol. The Morgan fingerprint density at radius 1 is 1.47 bits per heavy atom. The summed E-state index contributed by atoms with van der Waals surface area (Å²) < 4.78 is 28.0. The number of nitrogens with one attached hydrogen (secondary N) is 2. The van der Waals surface area contributed by atoms with Crippen molar-refractivity contribution >= 4 is 37.3 Å². The second kappa shape index (κ2) is 6.22. The predicted octanol–water partition coefficient (Wildman–Crippen LogP) is 2.70. The lowest BCUT2D eigenvalue weighted by Crippen LogP contribution is -2.43. The van der Waals surface area contributed by atoms with Gasteiger partial charge in [0.15, 0.2) is 0 Å². The molecular formula is C12H19BrN2O2S2. The van der Waals surface area contributed by atoms with Crippen LogP contribution in [0.25, 0.3) is 0 Å². The molecule has 0 aliphatic heterocycles. The summed E-state index contributed by atoms with van der Waals surface area (Å²) in [6, 6.07) is 1.85. The van der Waals surface area contributed by atoms with Crippen LogP contribution in [0.5, 0.6) is 0 Å². The molecule has 19 heavy (non-hydrogen) atoms. The average Bonchev–Trinajstić information content (AvgIpc) is 2.66. The van der Waals surface area contributed by atoms with E-state index in [0.717, 1.165) is 24.3 Å². The summed E-state index contributed by atoms with van der Waals surface area (Å²) in [4.78, 5) is 1.39. The average molecular weight is 367 g/mol. The predicted molar refractivity (Wildman–Crippen MR) is 81.9 cm³/mol. The standard InChI is InChI=1S/C12H19BrN2O2S2/c1-3-14-7-10-6-11(12(13)18-10)19(16,17)15-9-4-8(2)5-9/h6,8-9,14-15H,3-5,7H2,1-2H3. The molecule has 1 aliphatic rings. The molecule has 1 fully saturated rings. The zero-order chi connectivity index (χ0) is 14.0. The SMILES string of the molecule is CCNCc1cc(S(=O)(=O)NC2CC(C)C2)c(Br)s1. The van der Waals surface area contributed by atoms with Crippen LogP contribution in [-0.4, -0.2) is 21.0 Å². The molecular weight excluding hydrogens is 348 g/mol. The van der Waals surface area contributed by atoms with Crippen molar-refractivity contribution < 1.29 is 8.42 Å². The Morgan fingerprint density at radius 3 is 2.74 bits per heavy atom. The van der Waals surface area contributed by atoms with Gasteiger partial charge in [-0.3, -0.25) is 0 Å². The molecule has 1 aromatic heterocycles. The first-order valence-corrected chi connectivity index (χ1v) is 9.53. The molecule has 2 rings (SSSR count). The second-order valence-corrected chi connectivity index (χ2v) is 9.16. The van der Waals surface area contributed by atoms with Crippen LogP contribution in [0.3, 0.4) is 0 Å². The molecule has 0 aromatic carbocycles. The molecule has 0 radical (unpaired) electrons. The zero-order valence-corrected chi connectivity index (χ0v) is 14.3. The van der Waals surface area contributed by atoms with Crippen molar-refractivity contribution in [2.75, 3.05) is 6.54 Å². The molecule has 0 spiro atoms. The highest BCUT2D eigenvalue weighted by Crippen LogP contribution is 2.33. The first-order valence-electron chi connectivity index (χ1n) is 6.43. The Morgan fingerprint density at radius 2 is 2.16 bits per heavy atom. The molecule has 1 saturated carbocycles. The van der Waals surface area contributed by atoms with E-state index >= 15 is 0 Å². The highest BCUT2D eigenvalue weighted by Gasteiger charge is 2.31. The van der Waals surface area contributed by atoms with Gasteiger partial charge in [-0.1, -0.05) is 13.8 Å². The maximum absolute atomic E-state index is 12.3. The molecule has 0 atom stereocenters. The molecule has 1 heterocycles. The minimum Gasteiger partial charge on any atom is -0.312 e. The van der Waals surface area contributed by atoms with Crippen molar-refractivity contribution in [2.24, 2.45) is 5.92 Å². The van der Waals surface area contributed by atoms with E-state index in [1.165, 1.54) is 11.3 Å². The summed E-state index contributed by atoms with van der Waals surface area (Å²) in [6.07, 6.45) is 1.87. The van der Waals surface area contributed by atoms with Gasteiger partial charge in [0.1, 0.15) is 4.90 Å². The molecule has 0 bridgehead atoms. The van der Waals surface area contributed by atoms with Crippen molar-refractivity contribution in [3.8, 4) is 0 Å². The highest BCUT2D eigenvalue weighted by molar-refractivity contribution is 9.11. The molecule has 108 valence electrons. The van der Waals surface area contributed by atoms with Crippen LogP contribution in [0.1, 0.15) is 31.6 Å². The summed E-state index contributed by atoms with van der Waals surface area (Å²) in [7, 11) is -3.39. The summed E-state index contributed by atoms with van der Waals surface area (Å²) in [5, 5.41) is 3.20. The van der Waals surface area contributed by atoms with Crippen LogP contribution in [0.2, 0.25) is 0 Å². The van der Waals surface area contributed by atoms with Gasteiger partial charge in [-0.15, -0.1) is 11.3 Å². The first-order chi connectivity index (χ1) is 8.92. The smallest absolute Gasteiger partial charge is 0.242 e. The van der Waals surface area contributed by atoms with Crippen molar-refractivity contribution in [3.05, 3.63) is 14.7 Å². The third kappa shape index (κ3) is 3.78. The van der Waals surface area contributed by atoms with Crippen LogP contribution in [-0.2, 0) is 16.6 Å². The van der Waals surface area contributed by atoms with E-state index in [4.69, 9.17) is 0 Å². The van der Waals surface area contributed by atoms with E-state index in [-0.39, 0.29) is 6.04 Å². The van der Waals surface area contributed by atoms with Gasteiger partial charge in [0, 0.05) is 17.5 Å². The van der Waals surface area contributed by atoms with Gasteiger partial charge in [-0.25, -0.2) is 13.1 Å². The molecule has 0 unspecified atom stereocenters. The minimum atomic E-state index is -3.39. The van der Waals surface area contributed by atoms with E-state index in [2.05, 4.69) is 32.9 Å². The van der Waals surface area contributed by atoms with E-state index in [9.17, 15) is 8.42 Å². The molecule has 0 amide bonds. The van der Waals surface area contributed by atoms with Crippen molar-refractivity contribution in [3.63, 3.8) is 0 Å². The highest BCUT2D eigenvalue weighted by atomic mass is 79.9. The number of hydrogen-bond acceptors (Lipinski definition) is 4. The summed E-state index contributed by atoms with van der Waals surface area (Å²) in [6.45, 7) is 5.74. The van der Waals surface area contributed by atoms with Crippen LogP contribution < -0.4 is 10.0 Å². The third-order valence-electron chi connectivity index (χ3n) is 3.24. The van der Waals surface area contributed by atoms with E-state index in [0.29, 0.717) is 21.1 Å². The van der Waals surface area contributed by atoms with Gasteiger partial charge >= 0.3 is 0 Å². The summed E-state index contributed by atoms with van der Waals surface area (Å²) in [5.41, 5.74) is 0. The van der Waals surface area contributed by atoms with Crippen LogP contribution in [0, 0.1) is 5.92 Å². The first kappa shape index (κ1) is 15.4. The Kier molecular flexibility index (Phi) is 5.05. The van der Waals surface area contributed by atoms with Crippen LogP contribution >= 0.6 is 27.3 Å². The molecule has 2 N–H and O–H groups in total. The van der Waals surface area contributed by atoms with Crippen molar-refractivity contribution in [1.29, 1.82) is 0 Å². The van der Waals surface area contributed by atoms with Gasteiger partial charge in [0.05, 0.1) is 3.79 Å². The van der Waals surface area contributed by atoms with E-state index in [1.54, 1.807) is 6.07 Å². The topological polar surface area (TPSA) is 58.2 Å². The van der Waals surface area contributed by atoms with Crippen molar-refractivity contribution in [1.82, 2.24) is 10.0 Å². The van der Waals surface area contributed by atoms with Gasteiger partial charge in [-0.2, -0.15) is 0 Å². The Hall–Kier alpha value is 0.0500. The fourth-order valence-corrected chi connectivity index (χ4v) is 6.11. The second-order valence-electron chi connectivity index (χ2n) is 5.03. The number of halogens is 1. The van der Waals surface area contributed by atoms with Gasteiger partial charge in [-0.05, 0) is 47.3 Å². The Balaban J connectivity index is 2.09. The van der Waals surface area contributed by atoms with Crippen LogP contribution in [0.4, 0.5) is 0 Å². The number of hydrogen-bond donors (Lipinski definition) is 2. The Bertz CT molecular complexity index is 536. The lowest BCUT2D eigenvalue weighted by Gasteiger charge is -2.32. The van der Waals surface area contributed by atoms with Crippen molar-refractivity contribution in [2.45, 2.75) is 44.2 Å². The maximum atomic E-state index is 12.3. The van der Waals surface area contributed by atoms with Gasteiger partial charge < -0.3 is 5.32 Å². The lowest BCUT2D eigenvalue weighted by atomic mass is 9.83.